The molecule has 128 valence electrons. The Labute approximate surface area is 132 Å². The number of nitrogens with one attached hydrogen (secondary N) is 1. The summed E-state index contributed by atoms with van der Waals surface area (Å²) in [4.78, 5) is 15.0. The van der Waals surface area contributed by atoms with Crippen LogP contribution in [0.1, 0.15) is 5.56 Å². The number of carbonyl (C=O) groups is 1. The molecule has 1 aliphatic heterocycles. The average molecular weight is 333 g/mol. The van der Waals surface area contributed by atoms with Crippen LogP contribution in [0.3, 0.4) is 0 Å². The van der Waals surface area contributed by atoms with Crippen LogP contribution in [0.2, 0.25) is 0 Å². The van der Waals surface area contributed by atoms with E-state index in [1.807, 2.05) is 0 Å². The molecule has 0 radical (unpaired) electrons. The summed E-state index contributed by atoms with van der Waals surface area (Å²) in [7, 11) is 0. The molecular formula is C15H19F4N3O. The third-order valence-corrected chi connectivity index (χ3v) is 3.63. The molecule has 1 fully saturated rings. The van der Waals surface area contributed by atoms with E-state index in [4.69, 9.17) is 0 Å². The van der Waals surface area contributed by atoms with Gasteiger partial charge in [-0.1, -0.05) is 6.07 Å². The molecule has 1 aliphatic rings. The van der Waals surface area contributed by atoms with E-state index in [2.05, 4.69) is 5.32 Å². The van der Waals surface area contributed by atoms with Gasteiger partial charge in [0.1, 0.15) is 5.82 Å². The maximum Gasteiger partial charge on any atom is 0.401 e. The van der Waals surface area contributed by atoms with Gasteiger partial charge >= 0.3 is 6.18 Å². The van der Waals surface area contributed by atoms with Gasteiger partial charge in [-0.15, -0.1) is 0 Å². The van der Waals surface area contributed by atoms with Crippen molar-refractivity contribution < 1.29 is 22.4 Å². The highest BCUT2D eigenvalue weighted by Gasteiger charge is 2.32. The minimum Gasteiger partial charge on any atom is -0.322 e. The lowest BCUT2D eigenvalue weighted by Crippen LogP contribution is -2.50. The standard InChI is InChI=1S/C15H19F4N3O/c1-11-2-3-13(12(16)8-11)20-14(23)9-21-4-6-22(7-5-21)10-15(17,18)19/h2-3,8H,4-7,9-10H2,1H3,(H,20,23). The molecule has 23 heavy (non-hydrogen) atoms. The second kappa shape index (κ2) is 7.27. The molecule has 8 heteroatoms. The highest BCUT2D eigenvalue weighted by Crippen LogP contribution is 2.18. The van der Waals surface area contributed by atoms with Crippen LogP contribution >= 0.6 is 0 Å². The summed E-state index contributed by atoms with van der Waals surface area (Å²) in [6.45, 7) is 2.11. The van der Waals surface area contributed by atoms with Gasteiger partial charge in [0.25, 0.3) is 0 Å². The Bertz CT molecular complexity index is 554. The van der Waals surface area contributed by atoms with E-state index in [1.54, 1.807) is 17.9 Å². The fourth-order valence-electron chi connectivity index (χ4n) is 2.47. The second-order valence-corrected chi connectivity index (χ2v) is 5.70. The van der Waals surface area contributed by atoms with Crippen molar-refractivity contribution in [2.75, 3.05) is 44.6 Å². The number of hydrogen-bond acceptors (Lipinski definition) is 3. The lowest BCUT2D eigenvalue weighted by Gasteiger charge is -2.34. The summed E-state index contributed by atoms with van der Waals surface area (Å²) >= 11 is 0. The summed E-state index contributed by atoms with van der Waals surface area (Å²) in [5, 5.41) is 2.48. The summed E-state index contributed by atoms with van der Waals surface area (Å²) in [6, 6.07) is 4.50. The molecule has 0 bridgehead atoms. The predicted octanol–water partition coefficient (Wildman–Crippen LogP) is 2.25. The first-order valence-corrected chi connectivity index (χ1v) is 7.30. The molecule has 1 aromatic rings. The van der Waals surface area contributed by atoms with Gasteiger partial charge < -0.3 is 5.32 Å². The van der Waals surface area contributed by atoms with Gasteiger partial charge in [0.2, 0.25) is 5.91 Å². The lowest BCUT2D eigenvalue weighted by atomic mass is 10.2. The second-order valence-electron chi connectivity index (χ2n) is 5.70. The number of nitrogens with zero attached hydrogens (tertiary/aromatic N) is 2. The number of hydrogen-bond donors (Lipinski definition) is 1. The number of alkyl halides is 3. The Kier molecular flexibility index (Phi) is 5.59. The third-order valence-electron chi connectivity index (χ3n) is 3.63. The van der Waals surface area contributed by atoms with E-state index in [0.29, 0.717) is 13.1 Å². The van der Waals surface area contributed by atoms with Gasteiger partial charge in [-0.05, 0) is 24.6 Å². The van der Waals surface area contributed by atoms with E-state index in [9.17, 15) is 22.4 Å². The fraction of sp³-hybridized carbons (Fsp3) is 0.533. The van der Waals surface area contributed by atoms with Crippen LogP contribution in [-0.4, -0.2) is 61.2 Å². The van der Waals surface area contributed by atoms with Gasteiger partial charge in [-0.2, -0.15) is 13.2 Å². The number of amides is 1. The Hall–Kier alpha value is -1.67. The van der Waals surface area contributed by atoms with Gasteiger partial charge in [0.05, 0.1) is 18.8 Å². The average Bonchev–Trinajstić information content (AvgIpc) is 2.42. The first kappa shape index (κ1) is 17.7. The lowest BCUT2D eigenvalue weighted by molar-refractivity contribution is -0.149. The largest absolute Gasteiger partial charge is 0.401 e. The number of rotatable bonds is 4. The van der Waals surface area contributed by atoms with Crippen molar-refractivity contribution in [3.05, 3.63) is 29.6 Å². The molecule has 1 amide bonds. The van der Waals surface area contributed by atoms with Crippen molar-refractivity contribution in [1.29, 1.82) is 0 Å². The highest BCUT2D eigenvalue weighted by atomic mass is 19.4. The molecule has 0 aliphatic carbocycles. The molecular weight excluding hydrogens is 314 g/mol. The van der Waals surface area contributed by atoms with E-state index >= 15 is 0 Å². The topological polar surface area (TPSA) is 35.6 Å². The van der Waals surface area contributed by atoms with Gasteiger partial charge in [-0.25, -0.2) is 4.39 Å². The van der Waals surface area contributed by atoms with E-state index < -0.39 is 18.5 Å². The van der Waals surface area contributed by atoms with Crippen LogP contribution in [0.15, 0.2) is 18.2 Å². The minimum atomic E-state index is -4.21. The van der Waals surface area contributed by atoms with Crippen LogP contribution in [0.4, 0.5) is 23.2 Å². The predicted molar refractivity (Wildman–Crippen MR) is 78.7 cm³/mol. The number of aryl methyl sites for hydroxylation is 1. The highest BCUT2D eigenvalue weighted by molar-refractivity contribution is 5.92. The zero-order chi connectivity index (χ0) is 17.0. The Morgan fingerprint density at radius 2 is 1.78 bits per heavy atom. The number of anilines is 1. The van der Waals surface area contributed by atoms with Gasteiger partial charge in [0, 0.05) is 26.2 Å². The van der Waals surface area contributed by atoms with Crippen molar-refractivity contribution >= 4 is 11.6 Å². The summed E-state index contributed by atoms with van der Waals surface area (Å²) in [5.41, 5.74) is 0.859. The molecule has 4 nitrogen and oxygen atoms in total. The number of piperazine rings is 1. The van der Waals surface area contributed by atoms with Crippen LogP contribution in [0.25, 0.3) is 0 Å². The van der Waals surface area contributed by atoms with Crippen LogP contribution in [-0.2, 0) is 4.79 Å². The minimum absolute atomic E-state index is 0.0349. The van der Waals surface area contributed by atoms with E-state index in [0.717, 1.165) is 5.56 Å². The Morgan fingerprint density at radius 1 is 1.17 bits per heavy atom. The van der Waals surface area contributed by atoms with Gasteiger partial charge in [-0.3, -0.25) is 14.6 Å². The third kappa shape index (κ3) is 5.80. The quantitative estimate of drug-likeness (QED) is 0.859. The SMILES string of the molecule is Cc1ccc(NC(=O)CN2CCN(CC(F)(F)F)CC2)c(F)c1. The molecule has 0 aromatic heterocycles. The van der Waals surface area contributed by atoms with Crippen molar-refractivity contribution in [2.24, 2.45) is 0 Å². The van der Waals surface area contributed by atoms with Crippen molar-refractivity contribution in [3.63, 3.8) is 0 Å². The molecule has 0 spiro atoms. The van der Waals surface area contributed by atoms with Crippen molar-refractivity contribution in [2.45, 2.75) is 13.1 Å². The first-order chi connectivity index (χ1) is 10.7. The van der Waals surface area contributed by atoms with E-state index in [1.165, 1.54) is 17.0 Å². The molecule has 1 N–H and O–H groups in total. The molecule has 1 saturated heterocycles. The Balaban J connectivity index is 1.79. The first-order valence-electron chi connectivity index (χ1n) is 7.30. The molecule has 0 saturated carbocycles. The normalized spacial score (nSPS) is 17.3. The number of benzene rings is 1. The molecule has 1 aromatic carbocycles. The molecule has 2 rings (SSSR count). The van der Waals surface area contributed by atoms with Gasteiger partial charge in [0.15, 0.2) is 0 Å². The number of carbonyl (C=O) groups excluding carboxylic acids is 1. The molecule has 1 heterocycles. The zero-order valence-electron chi connectivity index (χ0n) is 12.8. The van der Waals surface area contributed by atoms with Crippen LogP contribution in [0, 0.1) is 12.7 Å². The summed E-state index contributed by atoms with van der Waals surface area (Å²) in [6.07, 6.45) is -4.21. The molecule has 0 atom stereocenters. The Morgan fingerprint density at radius 3 is 2.35 bits per heavy atom. The fourth-order valence-corrected chi connectivity index (χ4v) is 2.47. The summed E-state index contributed by atoms with van der Waals surface area (Å²) in [5.74, 6) is -0.884. The van der Waals surface area contributed by atoms with E-state index in [-0.39, 0.29) is 31.2 Å². The maximum absolute atomic E-state index is 13.7. The van der Waals surface area contributed by atoms with Crippen molar-refractivity contribution in [3.8, 4) is 0 Å². The van der Waals surface area contributed by atoms with Crippen LogP contribution in [0.5, 0.6) is 0 Å². The zero-order valence-corrected chi connectivity index (χ0v) is 12.8. The number of halogens is 4. The summed E-state index contributed by atoms with van der Waals surface area (Å²) < 4.78 is 50.6. The molecule has 0 unspecified atom stereocenters. The monoisotopic (exact) mass is 333 g/mol. The smallest absolute Gasteiger partial charge is 0.322 e. The van der Waals surface area contributed by atoms with Crippen LogP contribution < -0.4 is 5.32 Å². The van der Waals surface area contributed by atoms with Crippen molar-refractivity contribution in [1.82, 2.24) is 9.80 Å². The maximum atomic E-state index is 13.7.